The molecule has 1 saturated heterocycles. The molecule has 27 heavy (non-hydrogen) atoms. The van der Waals surface area contributed by atoms with Gasteiger partial charge in [0.25, 0.3) is 11.8 Å². The van der Waals surface area contributed by atoms with Crippen LogP contribution in [-0.4, -0.2) is 60.6 Å². The number of aliphatic hydroxyl groups is 1. The highest BCUT2D eigenvalue weighted by molar-refractivity contribution is 14.1. The molecule has 2 heterocycles. The SMILES string of the molecule is O=C(COc1ccccc1)NC1(CCI)C(=O)N2C(C(=O)O)=C(O)CS[C@H]21. The number of aliphatic hydroxyl groups excluding tert-OH is 1. The van der Waals surface area contributed by atoms with E-state index in [1.54, 1.807) is 24.3 Å². The molecule has 3 N–H and O–H groups in total. The topological polar surface area (TPSA) is 116 Å². The first-order valence-electron chi connectivity index (χ1n) is 8.06. The number of para-hydroxylation sites is 1. The van der Waals surface area contributed by atoms with E-state index in [1.807, 2.05) is 6.07 Å². The summed E-state index contributed by atoms with van der Waals surface area (Å²) in [5.41, 5.74) is -1.62. The molecule has 3 rings (SSSR count). The molecule has 1 unspecified atom stereocenters. The van der Waals surface area contributed by atoms with Gasteiger partial charge in [0.2, 0.25) is 0 Å². The van der Waals surface area contributed by atoms with Crippen LogP contribution in [0, 0.1) is 0 Å². The number of carboxylic acid groups (broad SMARTS) is 1. The molecule has 8 nitrogen and oxygen atoms in total. The van der Waals surface area contributed by atoms with Gasteiger partial charge in [-0.3, -0.25) is 14.5 Å². The maximum Gasteiger partial charge on any atom is 0.356 e. The number of benzene rings is 1. The maximum absolute atomic E-state index is 12.8. The number of carbonyl (C=O) groups is 3. The van der Waals surface area contributed by atoms with Crippen LogP contribution in [0.2, 0.25) is 0 Å². The maximum atomic E-state index is 12.8. The molecular weight excluding hydrogens is 487 g/mol. The summed E-state index contributed by atoms with van der Waals surface area (Å²) in [4.78, 5) is 37.7. The van der Waals surface area contributed by atoms with E-state index in [9.17, 15) is 24.6 Å². The molecule has 2 atom stereocenters. The van der Waals surface area contributed by atoms with Crippen LogP contribution in [0.3, 0.4) is 0 Å². The lowest BCUT2D eigenvalue weighted by molar-refractivity contribution is -0.160. The molecular formula is C17H17IN2O6S. The first-order chi connectivity index (χ1) is 12.9. The second-order valence-electron chi connectivity index (χ2n) is 6.00. The second-order valence-corrected chi connectivity index (χ2v) is 8.15. The van der Waals surface area contributed by atoms with Crippen LogP contribution in [0.1, 0.15) is 6.42 Å². The number of amides is 2. The number of nitrogens with one attached hydrogen (secondary N) is 1. The summed E-state index contributed by atoms with van der Waals surface area (Å²) >= 11 is 3.33. The number of thioether (sulfide) groups is 1. The number of hydrogen-bond acceptors (Lipinski definition) is 6. The number of carbonyl (C=O) groups excluding carboxylic acids is 2. The van der Waals surface area contributed by atoms with E-state index in [0.29, 0.717) is 16.6 Å². The summed E-state index contributed by atoms with van der Waals surface area (Å²) in [6.45, 7) is -0.259. The molecule has 0 spiro atoms. The predicted octanol–water partition coefficient (Wildman–Crippen LogP) is 1.51. The van der Waals surface area contributed by atoms with Crippen molar-refractivity contribution >= 4 is 52.1 Å². The number of fused-ring (bicyclic) bond motifs is 1. The predicted molar refractivity (Wildman–Crippen MR) is 107 cm³/mol. The van der Waals surface area contributed by atoms with E-state index in [0.717, 1.165) is 4.90 Å². The van der Waals surface area contributed by atoms with Gasteiger partial charge >= 0.3 is 5.97 Å². The van der Waals surface area contributed by atoms with Gasteiger partial charge in [0.05, 0.1) is 5.75 Å². The molecule has 0 radical (unpaired) electrons. The van der Waals surface area contributed by atoms with Crippen molar-refractivity contribution in [3.05, 3.63) is 41.8 Å². The van der Waals surface area contributed by atoms with Crippen LogP contribution in [0.4, 0.5) is 0 Å². The standard InChI is InChI=1S/C17H17IN2O6S/c18-7-6-17(19-12(22)8-26-10-4-2-1-3-5-10)15(25)20-13(14(23)24)11(21)9-27-16(17)20/h1-5,16,21H,6-9H2,(H,19,22)(H,23,24)/t16-,17?/m0/s1. The quantitative estimate of drug-likeness (QED) is 0.293. The van der Waals surface area contributed by atoms with Crippen molar-refractivity contribution < 1.29 is 29.3 Å². The molecule has 0 aliphatic carbocycles. The molecule has 1 fully saturated rings. The highest BCUT2D eigenvalue weighted by Crippen LogP contribution is 2.47. The van der Waals surface area contributed by atoms with Gasteiger partial charge in [0, 0.05) is 4.43 Å². The van der Waals surface area contributed by atoms with Crippen LogP contribution < -0.4 is 10.1 Å². The first kappa shape index (κ1) is 19.8. The van der Waals surface area contributed by atoms with Crippen LogP contribution >= 0.6 is 34.4 Å². The van der Waals surface area contributed by atoms with Gasteiger partial charge in [-0.15, -0.1) is 11.8 Å². The minimum Gasteiger partial charge on any atom is -0.509 e. The average Bonchev–Trinajstić information content (AvgIpc) is 2.66. The summed E-state index contributed by atoms with van der Waals surface area (Å²) in [7, 11) is 0. The molecule has 2 amide bonds. The number of carboxylic acids is 1. The first-order valence-corrected chi connectivity index (χ1v) is 10.6. The van der Waals surface area contributed by atoms with Crippen LogP contribution in [0.15, 0.2) is 41.8 Å². The Morgan fingerprint density at radius 3 is 2.70 bits per heavy atom. The normalized spacial score (nSPS) is 24.1. The smallest absolute Gasteiger partial charge is 0.356 e. The molecule has 0 saturated carbocycles. The van der Waals surface area contributed by atoms with Gasteiger partial charge in [-0.05, 0) is 18.6 Å². The third-order valence-electron chi connectivity index (χ3n) is 4.32. The van der Waals surface area contributed by atoms with Crippen molar-refractivity contribution in [2.45, 2.75) is 17.3 Å². The zero-order valence-electron chi connectivity index (χ0n) is 14.1. The average molecular weight is 504 g/mol. The van der Waals surface area contributed by atoms with Gasteiger partial charge in [-0.25, -0.2) is 4.79 Å². The third-order valence-corrected chi connectivity index (χ3v) is 6.22. The number of rotatable bonds is 7. The molecule has 2 aliphatic rings. The van der Waals surface area contributed by atoms with Gasteiger partial charge < -0.3 is 20.3 Å². The van der Waals surface area contributed by atoms with Gasteiger partial charge in [-0.1, -0.05) is 40.8 Å². The Kier molecular flexibility index (Phi) is 5.84. The zero-order chi connectivity index (χ0) is 19.6. The van der Waals surface area contributed by atoms with E-state index in [2.05, 4.69) is 27.9 Å². The number of β-lactam (4-membered cyclic amide) rings is 1. The van der Waals surface area contributed by atoms with E-state index < -0.39 is 34.4 Å². The van der Waals surface area contributed by atoms with Crippen molar-refractivity contribution in [1.29, 1.82) is 0 Å². The third kappa shape index (κ3) is 3.59. The van der Waals surface area contributed by atoms with Gasteiger partial charge in [-0.2, -0.15) is 0 Å². The van der Waals surface area contributed by atoms with Crippen LogP contribution in [-0.2, 0) is 14.4 Å². The number of halogens is 1. The van der Waals surface area contributed by atoms with Crippen molar-refractivity contribution in [1.82, 2.24) is 10.2 Å². The van der Waals surface area contributed by atoms with Crippen molar-refractivity contribution in [3.63, 3.8) is 0 Å². The Bertz CT molecular complexity index is 802. The monoisotopic (exact) mass is 504 g/mol. The van der Waals surface area contributed by atoms with Crippen LogP contribution in [0.25, 0.3) is 0 Å². The summed E-state index contributed by atoms with van der Waals surface area (Å²) in [5.74, 6) is -2.12. The summed E-state index contributed by atoms with van der Waals surface area (Å²) in [6.07, 6.45) is 0.352. The highest BCUT2D eigenvalue weighted by Gasteiger charge is 2.65. The summed E-state index contributed by atoms with van der Waals surface area (Å²) in [6, 6.07) is 8.82. The largest absolute Gasteiger partial charge is 0.509 e. The Hall–Kier alpha value is -1.95. The van der Waals surface area contributed by atoms with E-state index in [1.165, 1.54) is 11.8 Å². The van der Waals surface area contributed by atoms with Crippen molar-refractivity contribution in [3.8, 4) is 5.75 Å². The number of ether oxygens (including phenoxy) is 1. The van der Waals surface area contributed by atoms with Gasteiger partial charge in [0.15, 0.2) is 17.8 Å². The Balaban J connectivity index is 1.74. The second kappa shape index (κ2) is 7.97. The number of alkyl halides is 1. The molecule has 144 valence electrons. The van der Waals surface area contributed by atoms with Crippen molar-refractivity contribution in [2.24, 2.45) is 0 Å². The molecule has 0 aromatic heterocycles. The highest BCUT2D eigenvalue weighted by atomic mass is 127. The molecule has 10 heteroatoms. The Morgan fingerprint density at radius 1 is 1.37 bits per heavy atom. The minimum absolute atomic E-state index is 0.0649. The van der Waals surface area contributed by atoms with Gasteiger partial charge in [0.1, 0.15) is 16.9 Å². The molecule has 1 aromatic carbocycles. The Labute approximate surface area is 173 Å². The minimum atomic E-state index is -1.37. The lowest BCUT2D eigenvalue weighted by Crippen LogP contribution is -2.80. The fraction of sp³-hybridized carbons (Fsp3) is 0.353. The number of aliphatic carboxylic acids is 1. The lowest BCUT2D eigenvalue weighted by atomic mass is 9.84. The summed E-state index contributed by atoms with van der Waals surface area (Å²) < 4.78 is 6.01. The van der Waals surface area contributed by atoms with E-state index in [-0.39, 0.29) is 18.1 Å². The lowest BCUT2D eigenvalue weighted by Gasteiger charge is -2.56. The van der Waals surface area contributed by atoms with E-state index in [4.69, 9.17) is 4.74 Å². The van der Waals surface area contributed by atoms with E-state index >= 15 is 0 Å². The fourth-order valence-electron chi connectivity index (χ4n) is 3.12. The summed E-state index contributed by atoms with van der Waals surface area (Å²) in [5, 5.41) is 21.3. The van der Waals surface area contributed by atoms with Crippen LogP contribution in [0.5, 0.6) is 5.75 Å². The fourth-order valence-corrected chi connectivity index (χ4v) is 5.33. The zero-order valence-corrected chi connectivity index (χ0v) is 17.0. The molecule has 0 bridgehead atoms. The Morgan fingerprint density at radius 2 is 2.07 bits per heavy atom. The molecule has 2 aliphatic heterocycles. The number of hydrogen-bond donors (Lipinski definition) is 3. The van der Waals surface area contributed by atoms with Crippen molar-refractivity contribution in [2.75, 3.05) is 16.8 Å². The number of nitrogens with zero attached hydrogens (tertiary/aromatic N) is 1. The molecule has 1 aromatic rings.